The maximum atomic E-state index is 10.4. The summed E-state index contributed by atoms with van der Waals surface area (Å²) in [6.07, 6.45) is 12.2. The number of carboxylic acids is 1. The van der Waals surface area contributed by atoms with Crippen molar-refractivity contribution in [1.82, 2.24) is 0 Å². The number of hydrogen-bond acceptors (Lipinski definition) is 3. The van der Waals surface area contributed by atoms with E-state index < -0.39 is 5.97 Å². The molecule has 0 bridgehead atoms. The first-order valence-corrected chi connectivity index (χ1v) is 8.04. The van der Waals surface area contributed by atoms with E-state index in [0.717, 1.165) is 42.7 Å². The van der Waals surface area contributed by atoms with Crippen molar-refractivity contribution in [3.8, 4) is 11.5 Å². The van der Waals surface area contributed by atoms with Crippen molar-refractivity contribution in [1.29, 1.82) is 0 Å². The molecule has 0 radical (unpaired) electrons. The van der Waals surface area contributed by atoms with Gasteiger partial charge in [-0.15, -0.1) is 0 Å². The number of hydrogen-bond donors (Lipinski definition) is 1. The molecule has 120 valence electrons. The van der Waals surface area contributed by atoms with Crippen molar-refractivity contribution in [2.75, 3.05) is 6.79 Å². The van der Waals surface area contributed by atoms with Gasteiger partial charge in [0.2, 0.25) is 6.79 Å². The fraction of sp³-hybridized carbons (Fsp3) is 0.500. The summed E-state index contributed by atoms with van der Waals surface area (Å²) < 4.78 is 10.6. The van der Waals surface area contributed by atoms with Crippen LogP contribution < -0.4 is 9.47 Å². The van der Waals surface area contributed by atoms with Crippen LogP contribution in [0.4, 0.5) is 0 Å². The van der Waals surface area contributed by atoms with Crippen molar-refractivity contribution in [3.05, 3.63) is 29.8 Å². The third-order valence-corrected chi connectivity index (χ3v) is 3.72. The summed E-state index contributed by atoms with van der Waals surface area (Å²) >= 11 is 0. The molecule has 0 atom stereocenters. The summed E-state index contributed by atoms with van der Waals surface area (Å²) in [5.74, 6) is 0.956. The first-order chi connectivity index (χ1) is 10.8. The summed E-state index contributed by atoms with van der Waals surface area (Å²) in [5, 5.41) is 8.54. The van der Waals surface area contributed by atoms with Crippen LogP contribution in [0.15, 0.2) is 24.3 Å². The summed E-state index contributed by atoms with van der Waals surface area (Å²) in [6, 6.07) is 5.98. The van der Waals surface area contributed by atoms with Gasteiger partial charge in [-0.25, -0.2) is 0 Å². The standard InChI is InChI=1S/C18H24O4/c19-18(20)10-8-6-4-2-1-3-5-7-9-15-11-12-16-17(13-15)22-14-21-16/h7,9,11-13H,1-6,8,10,14H2,(H,19,20)/b9-7+. The minimum Gasteiger partial charge on any atom is -0.481 e. The molecule has 1 N–H and O–H groups in total. The molecule has 1 heterocycles. The third kappa shape index (κ3) is 5.80. The average molecular weight is 304 g/mol. The number of benzene rings is 1. The minimum atomic E-state index is -0.686. The Kier molecular flexibility index (Phi) is 6.81. The fourth-order valence-electron chi connectivity index (χ4n) is 2.48. The molecular weight excluding hydrogens is 280 g/mol. The predicted octanol–water partition coefficient (Wildman–Crippen LogP) is 4.63. The molecule has 1 aliphatic rings. The molecule has 0 aromatic heterocycles. The number of ether oxygens (including phenoxy) is 2. The number of carbonyl (C=O) groups is 1. The number of aliphatic carboxylic acids is 1. The van der Waals surface area contributed by atoms with Crippen molar-refractivity contribution < 1.29 is 19.4 Å². The molecule has 0 amide bonds. The highest BCUT2D eigenvalue weighted by molar-refractivity contribution is 5.66. The average Bonchev–Trinajstić information content (AvgIpc) is 2.96. The van der Waals surface area contributed by atoms with E-state index in [4.69, 9.17) is 14.6 Å². The van der Waals surface area contributed by atoms with Gasteiger partial charge in [0.25, 0.3) is 0 Å². The molecule has 0 aliphatic carbocycles. The molecule has 0 unspecified atom stereocenters. The van der Waals surface area contributed by atoms with Gasteiger partial charge < -0.3 is 14.6 Å². The van der Waals surface area contributed by atoms with Crippen molar-refractivity contribution in [3.63, 3.8) is 0 Å². The Morgan fingerprint density at radius 3 is 2.59 bits per heavy atom. The molecule has 2 rings (SSSR count). The molecule has 4 nitrogen and oxygen atoms in total. The van der Waals surface area contributed by atoms with Gasteiger partial charge in [0.05, 0.1) is 0 Å². The zero-order valence-corrected chi connectivity index (χ0v) is 12.9. The van der Waals surface area contributed by atoms with E-state index in [1.807, 2.05) is 18.2 Å². The number of allylic oxidation sites excluding steroid dienone is 1. The lowest BCUT2D eigenvalue weighted by Crippen LogP contribution is -1.93. The normalized spacial score (nSPS) is 12.9. The van der Waals surface area contributed by atoms with E-state index in [1.54, 1.807) is 0 Å². The van der Waals surface area contributed by atoms with Crippen molar-refractivity contribution in [2.45, 2.75) is 51.4 Å². The Balaban J connectivity index is 1.52. The molecule has 1 aromatic rings. The zero-order valence-electron chi connectivity index (χ0n) is 12.9. The Bertz CT molecular complexity index is 508. The second-order valence-corrected chi connectivity index (χ2v) is 5.57. The maximum absolute atomic E-state index is 10.4. The lowest BCUT2D eigenvalue weighted by molar-refractivity contribution is -0.137. The predicted molar refractivity (Wildman–Crippen MR) is 86.2 cm³/mol. The SMILES string of the molecule is O=C(O)CCCCCCCC/C=C/c1ccc2c(c1)OCO2. The van der Waals surface area contributed by atoms with Gasteiger partial charge in [-0.2, -0.15) is 0 Å². The van der Waals surface area contributed by atoms with Gasteiger partial charge in [-0.05, 0) is 37.0 Å². The number of carboxylic acid groups (broad SMARTS) is 1. The maximum Gasteiger partial charge on any atom is 0.303 e. The number of unbranched alkanes of at least 4 members (excludes halogenated alkanes) is 6. The summed E-state index contributed by atoms with van der Waals surface area (Å²) in [6.45, 7) is 0.314. The highest BCUT2D eigenvalue weighted by Crippen LogP contribution is 2.32. The topological polar surface area (TPSA) is 55.8 Å². The smallest absolute Gasteiger partial charge is 0.303 e. The number of rotatable bonds is 10. The molecule has 1 aromatic carbocycles. The number of fused-ring (bicyclic) bond motifs is 1. The molecule has 0 spiro atoms. The van der Waals surface area contributed by atoms with Gasteiger partial charge >= 0.3 is 5.97 Å². The first kappa shape index (κ1) is 16.4. The molecule has 0 saturated heterocycles. The Labute approximate surface area is 131 Å². The van der Waals surface area contributed by atoms with E-state index in [2.05, 4.69) is 12.2 Å². The van der Waals surface area contributed by atoms with Crippen molar-refractivity contribution >= 4 is 12.0 Å². The molecule has 0 saturated carbocycles. The van der Waals surface area contributed by atoms with Crippen LogP contribution >= 0.6 is 0 Å². The van der Waals surface area contributed by atoms with E-state index >= 15 is 0 Å². The van der Waals surface area contributed by atoms with Crippen LogP contribution in [-0.4, -0.2) is 17.9 Å². The van der Waals surface area contributed by atoms with Gasteiger partial charge in [0.15, 0.2) is 11.5 Å². The van der Waals surface area contributed by atoms with Crippen LogP contribution in [0.5, 0.6) is 11.5 Å². The fourth-order valence-corrected chi connectivity index (χ4v) is 2.48. The van der Waals surface area contributed by atoms with E-state index in [9.17, 15) is 4.79 Å². The van der Waals surface area contributed by atoms with Crippen LogP contribution in [0.2, 0.25) is 0 Å². The monoisotopic (exact) mass is 304 g/mol. The van der Waals surface area contributed by atoms with Crippen LogP contribution in [0.1, 0.15) is 56.9 Å². The van der Waals surface area contributed by atoms with E-state index in [-0.39, 0.29) is 0 Å². The highest BCUT2D eigenvalue weighted by Gasteiger charge is 2.11. The zero-order chi connectivity index (χ0) is 15.6. The minimum absolute atomic E-state index is 0.304. The van der Waals surface area contributed by atoms with E-state index in [0.29, 0.717) is 13.2 Å². The van der Waals surface area contributed by atoms with Crippen LogP contribution in [0, 0.1) is 0 Å². The second kappa shape index (κ2) is 9.13. The second-order valence-electron chi connectivity index (χ2n) is 5.57. The molecule has 0 fully saturated rings. The van der Waals surface area contributed by atoms with Crippen LogP contribution in [0.25, 0.3) is 6.08 Å². The first-order valence-electron chi connectivity index (χ1n) is 8.04. The molecule has 4 heteroatoms. The molecule has 22 heavy (non-hydrogen) atoms. The summed E-state index contributed by atoms with van der Waals surface area (Å²) in [7, 11) is 0. The molecular formula is C18H24O4. The lowest BCUT2D eigenvalue weighted by Gasteiger charge is -2.00. The van der Waals surface area contributed by atoms with Gasteiger partial charge in [-0.1, -0.05) is 43.9 Å². The highest BCUT2D eigenvalue weighted by atomic mass is 16.7. The van der Waals surface area contributed by atoms with Crippen LogP contribution in [-0.2, 0) is 4.79 Å². The van der Waals surface area contributed by atoms with Gasteiger partial charge in [-0.3, -0.25) is 4.79 Å². The third-order valence-electron chi connectivity index (χ3n) is 3.72. The Morgan fingerprint density at radius 2 is 1.77 bits per heavy atom. The van der Waals surface area contributed by atoms with Gasteiger partial charge in [0.1, 0.15) is 0 Å². The van der Waals surface area contributed by atoms with Crippen LogP contribution in [0.3, 0.4) is 0 Å². The Morgan fingerprint density at radius 1 is 1.05 bits per heavy atom. The largest absolute Gasteiger partial charge is 0.481 e. The Hall–Kier alpha value is -1.97. The lowest BCUT2D eigenvalue weighted by atomic mass is 10.1. The molecule has 1 aliphatic heterocycles. The van der Waals surface area contributed by atoms with Crippen molar-refractivity contribution in [2.24, 2.45) is 0 Å². The van der Waals surface area contributed by atoms with E-state index in [1.165, 1.54) is 19.3 Å². The van der Waals surface area contributed by atoms with Gasteiger partial charge in [0, 0.05) is 6.42 Å². The quantitative estimate of drug-likeness (QED) is 0.640. The summed E-state index contributed by atoms with van der Waals surface area (Å²) in [5.41, 5.74) is 1.14. The summed E-state index contributed by atoms with van der Waals surface area (Å²) in [4.78, 5) is 10.4.